The van der Waals surface area contributed by atoms with Crippen molar-refractivity contribution >= 4 is 52.4 Å². The molecule has 1 unspecified atom stereocenters. The van der Waals surface area contributed by atoms with Crippen molar-refractivity contribution in [3.63, 3.8) is 0 Å². The molecule has 3 aromatic carbocycles. The summed E-state index contributed by atoms with van der Waals surface area (Å²) in [4.78, 5) is 45.8. The van der Waals surface area contributed by atoms with Crippen LogP contribution in [-0.2, 0) is 25.5 Å². The van der Waals surface area contributed by atoms with Crippen molar-refractivity contribution in [3.8, 4) is 16.9 Å². The molecule has 0 aliphatic carbocycles. The number of methoxy groups -OCH3 is 2. The Morgan fingerprint density at radius 2 is 1.74 bits per heavy atom. The molecule has 0 saturated carbocycles. The summed E-state index contributed by atoms with van der Waals surface area (Å²) in [5.41, 5.74) is 2.52. The lowest BCUT2D eigenvalue weighted by atomic mass is 9.97. The first-order valence-electron chi connectivity index (χ1n) is 16.1. The van der Waals surface area contributed by atoms with E-state index in [0.717, 1.165) is 0 Å². The molecule has 2 fully saturated rings. The maximum atomic E-state index is 15.7. The maximum Gasteiger partial charge on any atom is 0.340 e. The Morgan fingerprint density at radius 1 is 1.00 bits per heavy atom. The van der Waals surface area contributed by atoms with Gasteiger partial charge in [-0.05, 0) is 24.3 Å². The standard InChI is InChI=1S/C35H37Cl2FN4O8/c1-47-11-8-39-6-7-42(30(19-39)34(44)45)22-14-26(36)31(27(37)15-22)33(43)41-18-21-4-3-5-23(32(21)50-20-41)24-17-29(40-9-12-49-13-10-40)25(16-28(24)38)35(46)48-2/h3-5,14-17,30H,6-13,18-20H2,1-2H3,(H,44,45). The number of hydrogen-bond donors (Lipinski definition) is 1. The predicted molar refractivity (Wildman–Crippen MR) is 185 cm³/mol. The third kappa shape index (κ3) is 7.19. The summed E-state index contributed by atoms with van der Waals surface area (Å²) in [5.74, 6) is -2.33. The van der Waals surface area contributed by atoms with Crippen molar-refractivity contribution < 1.29 is 42.8 Å². The topological polar surface area (TPSA) is 121 Å². The zero-order chi connectivity index (χ0) is 35.5. The van der Waals surface area contributed by atoms with Gasteiger partial charge in [0, 0.05) is 68.8 Å². The number of ether oxygens (including phenoxy) is 4. The van der Waals surface area contributed by atoms with E-state index in [9.17, 15) is 19.5 Å². The number of hydrogen-bond acceptors (Lipinski definition) is 10. The van der Waals surface area contributed by atoms with Crippen LogP contribution < -0.4 is 14.5 Å². The molecule has 0 radical (unpaired) electrons. The van der Waals surface area contributed by atoms with Gasteiger partial charge >= 0.3 is 11.9 Å². The Hall–Kier alpha value is -4.14. The Kier molecular flexibility index (Phi) is 11.0. The number of benzene rings is 3. The van der Waals surface area contributed by atoms with Crippen LogP contribution in [0.1, 0.15) is 26.3 Å². The number of fused-ring (bicyclic) bond motifs is 1. The number of nitrogens with zero attached hydrogens (tertiary/aromatic N) is 4. The molecule has 1 amide bonds. The van der Waals surface area contributed by atoms with E-state index in [1.165, 1.54) is 18.1 Å². The Balaban J connectivity index is 1.25. The van der Waals surface area contributed by atoms with E-state index >= 15 is 4.39 Å². The molecule has 12 nitrogen and oxygen atoms in total. The zero-order valence-corrected chi connectivity index (χ0v) is 29.1. The number of carbonyl (C=O) groups excluding carboxylic acids is 2. The van der Waals surface area contributed by atoms with Crippen LogP contribution in [0.5, 0.6) is 5.75 Å². The van der Waals surface area contributed by atoms with Crippen molar-refractivity contribution in [1.29, 1.82) is 0 Å². The van der Waals surface area contributed by atoms with Crippen LogP contribution in [0.4, 0.5) is 15.8 Å². The third-order valence-corrected chi connectivity index (χ3v) is 9.77. The number of amides is 1. The lowest BCUT2D eigenvalue weighted by molar-refractivity contribution is -0.139. The SMILES string of the molecule is COCCN1CCN(c2cc(Cl)c(C(=O)N3COc4c(cccc4-c4cc(N5CCOCC5)c(C(=O)OC)cc4F)C3)c(Cl)c2)C(C(=O)O)C1. The average molecular weight is 732 g/mol. The second-order valence-corrected chi connectivity index (χ2v) is 13.0. The summed E-state index contributed by atoms with van der Waals surface area (Å²) in [6, 6.07) is 10.3. The second-order valence-electron chi connectivity index (χ2n) is 12.1. The first-order chi connectivity index (χ1) is 24.1. The highest BCUT2D eigenvalue weighted by Gasteiger charge is 2.35. The van der Waals surface area contributed by atoms with Crippen molar-refractivity contribution in [2.24, 2.45) is 0 Å². The number of carboxylic acids is 1. The van der Waals surface area contributed by atoms with Crippen LogP contribution in [0.15, 0.2) is 42.5 Å². The molecule has 3 aromatic rings. The first-order valence-corrected chi connectivity index (χ1v) is 16.9. The quantitative estimate of drug-likeness (QED) is 0.310. The highest BCUT2D eigenvalue weighted by molar-refractivity contribution is 6.40. The Labute approximate surface area is 298 Å². The lowest BCUT2D eigenvalue weighted by Crippen LogP contribution is -2.57. The fraction of sp³-hybridized carbons (Fsp3) is 0.400. The summed E-state index contributed by atoms with van der Waals surface area (Å²) < 4.78 is 37.4. The Morgan fingerprint density at radius 3 is 2.42 bits per heavy atom. The van der Waals surface area contributed by atoms with E-state index in [0.29, 0.717) is 80.8 Å². The largest absolute Gasteiger partial charge is 0.480 e. The van der Waals surface area contributed by atoms with Crippen molar-refractivity contribution in [3.05, 3.63) is 75.0 Å². The van der Waals surface area contributed by atoms with Gasteiger partial charge in [0.25, 0.3) is 5.91 Å². The van der Waals surface area contributed by atoms with E-state index in [2.05, 4.69) is 0 Å². The van der Waals surface area contributed by atoms with Gasteiger partial charge in [-0.1, -0.05) is 41.4 Å². The number of anilines is 2. The third-order valence-electron chi connectivity index (χ3n) is 9.18. The monoisotopic (exact) mass is 730 g/mol. The number of carboxylic acid groups (broad SMARTS) is 1. The maximum absolute atomic E-state index is 15.7. The second kappa shape index (κ2) is 15.4. The average Bonchev–Trinajstić information content (AvgIpc) is 3.12. The summed E-state index contributed by atoms with van der Waals surface area (Å²) in [7, 11) is 2.85. The summed E-state index contributed by atoms with van der Waals surface area (Å²) in [5, 5.41) is 10.1. The van der Waals surface area contributed by atoms with Crippen LogP contribution in [0.25, 0.3) is 11.1 Å². The van der Waals surface area contributed by atoms with Gasteiger partial charge in [-0.25, -0.2) is 14.0 Å². The van der Waals surface area contributed by atoms with Crippen molar-refractivity contribution in [1.82, 2.24) is 9.80 Å². The molecule has 1 N–H and O–H groups in total. The first kappa shape index (κ1) is 35.7. The van der Waals surface area contributed by atoms with Crippen molar-refractivity contribution in [2.45, 2.75) is 12.6 Å². The summed E-state index contributed by atoms with van der Waals surface area (Å²) >= 11 is 13.4. The number of aliphatic carboxylic acids is 1. The highest BCUT2D eigenvalue weighted by atomic mass is 35.5. The van der Waals surface area contributed by atoms with E-state index in [4.69, 9.17) is 42.1 Å². The van der Waals surface area contributed by atoms with Gasteiger partial charge in [-0.3, -0.25) is 9.69 Å². The molecule has 3 heterocycles. The van der Waals surface area contributed by atoms with Gasteiger partial charge in [-0.15, -0.1) is 0 Å². The van der Waals surface area contributed by atoms with Gasteiger partial charge in [-0.2, -0.15) is 0 Å². The van der Waals surface area contributed by atoms with E-state index in [-0.39, 0.29) is 46.6 Å². The Bertz CT molecular complexity index is 1770. The van der Waals surface area contributed by atoms with Crippen LogP contribution in [0, 0.1) is 5.82 Å². The molecule has 1 atom stereocenters. The minimum atomic E-state index is -0.986. The van der Waals surface area contributed by atoms with Gasteiger partial charge in [0.2, 0.25) is 0 Å². The molecular weight excluding hydrogens is 694 g/mol. The van der Waals surface area contributed by atoms with Crippen LogP contribution in [0.2, 0.25) is 10.0 Å². The minimum Gasteiger partial charge on any atom is -0.480 e. The number of halogens is 3. The van der Waals surface area contributed by atoms with Gasteiger partial charge < -0.3 is 38.8 Å². The molecule has 0 aromatic heterocycles. The summed E-state index contributed by atoms with van der Waals surface area (Å²) in [6.07, 6.45) is 0. The number of esters is 1. The minimum absolute atomic E-state index is 0.0606. The molecule has 6 rings (SSSR count). The summed E-state index contributed by atoms with van der Waals surface area (Å²) in [6.45, 7) is 4.35. The zero-order valence-electron chi connectivity index (χ0n) is 27.6. The molecule has 0 bridgehead atoms. The number of carbonyl (C=O) groups is 3. The van der Waals surface area contributed by atoms with Gasteiger partial charge in [0.05, 0.1) is 60.3 Å². The predicted octanol–water partition coefficient (Wildman–Crippen LogP) is 4.64. The molecular formula is C35H37Cl2FN4O8. The van der Waals surface area contributed by atoms with Crippen LogP contribution >= 0.6 is 23.2 Å². The molecule has 50 heavy (non-hydrogen) atoms. The number of rotatable bonds is 9. The fourth-order valence-electron chi connectivity index (χ4n) is 6.59. The molecule has 0 spiro atoms. The lowest BCUT2D eigenvalue weighted by Gasteiger charge is -2.40. The normalized spacial score (nSPS) is 18.0. The molecule has 3 aliphatic rings. The van der Waals surface area contributed by atoms with E-state index in [1.54, 1.807) is 48.4 Å². The van der Waals surface area contributed by atoms with Gasteiger partial charge in [0.15, 0.2) is 6.73 Å². The number of para-hydroxylation sites is 1. The number of piperazine rings is 1. The van der Waals surface area contributed by atoms with Crippen molar-refractivity contribution in [2.75, 3.05) is 89.8 Å². The highest BCUT2D eigenvalue weighted by Crippen LogP contribution is 2.41. The fourth-order valence-corrected chi connectivity index (χ4v) is 7.23. The van der Waals surface area contributed by atoms with E-state index in [1.807, 2.05) is 9.80 Å². The molecule has 2 saturated heterocycles. The molecule has 15 heteroatoms. The smallest absolute Gasteiger partial charge is 0.340 e. The van der Waals surface area contributed by atoms with Gasteiger partial charge in [0.1, 0.15) is 17.6 Å². The van der Waals surface area contributed by atoms with Crippen LogP contribution in [-0.4, -0.2) is 119 Å². The molecule has 266 valence electrons. The van der Waals surface area contributed by atoms with Crippen LogP contribution in [0.3, 0.4) is 0 Å². The van der Waals surface area contributed by atoms with E-state index < -0.39 is 29.7 Å². The number of morpholine rings is 1. The molecule has 3 aliphatic heterocycles.